The van der Waals surface area contributed by atoms with Crippen molar-refractivity contribution in [3.05, 3.63) is 44.8 Å². The lowest BCUT2D eigenvalue weighted by molar-refractivity contribution is -0.384. The van der Waals surface area contributed by atoms with Crippen molar-refractivity contribution in [2.24, 2.45) is 0 Å². The number of carbonyl (C=O) groups excluding carboxylic acids is 2. The molecule has 2 aromatic rings. The molecular formula is C20H23ClN2O6S. The summed E-state index contributed by atoms with van der Waals surface area (Å²) in [5.41, 5.74) is -2.04. The van der Waals surface area contributed by atoms with Crippen LogP contribution in [0.25, 0.3) is 10.4 Å². The van der Waals surface area contributed by atoms with E-state index in [0.717, 1.165) is 0 Å². The van der Waals surface area contributed by atoms with Crippen LogP contribution in [0.1, 0.15) is 41.5 Å². The highest BCUT2D eigenvalue weighted by molar-refractivity contribution is 7.19. The quantitative estimate of drug-likeness (QED) is 0.380. The molecule has 0 aliphatic heterocycles. The fraction of sp³-hybridized carbons (Fsp3) is 0.400. The van der Waals surface area contributed by atoms with Crippen LogP contribution >= 0.6 is 22.9 Å². The van der Waals surface area contributed by atoms with Crippen LogP contribution in [-0.4, -0.2) is 28.3 Å². The third kappa shape index (κ3) is 6.17. The van der Waals surface area contributed by atoms with Crippen LogP contribution in [0.3, 0.4) is 0 Å². The third-order valence-electron chi connectivity index (χ3n) is 3.42. The number of nitro benzene ring substituents is 1. The van der Waals surface area contributed by atoms with Gasteiger partial charge in [-0.3, -0.25) is 10.1 Å². The molecule has 1 aromatic heterocycles. The minimum atomic E-state index is -1.08. The molecule has 30 heavy (non-hydrogen) atoms. The minimum absolute atomic E-state index is 0.255. The van der Waals surface area contributed by atoms with Crippen molar-refractivity contribution in [2.45, 2.75) is 52.7 Å². The lowest BCUT2D eigenvalue weighted by atomic mass is 10.1. The lowest BCUT2D eigenvalue weighted by Crippen LogP contribution is -2.44. The number of imide groups is 1. The van der Waals surface area contributed by atoms with E-state index in [1.165, 1.54) is 23.5 Å². The van der Waals surface area contributed by atoms with E-state index in [-0.39, 0.29) is 5.69 Å². The Morgan fingerprint density at radius 1 is 1.00 bits per heavy atom. The second kappa shape index (κ2) is 8.61. The molecule has 0 saturated heterocycles. The molecule has 2 rings (SSSR count). The molecule has 2 amide bonds. The summed E-state index contributed by atoms with van der Waals surface area (Å²) >= 11 is 7.20. The summed E-state index contributed by atoms with van der Waals surface area (Å²) in [5, 5.41) is 11.8. The van der Waals surface area contributed by atoms with Crippen molar-refractivity contribution in [2.75, 3.05) is 4.90 Å². The average molecular weight is 455 g/mol. The van der Waals surface area contributed by atoms with Crippen LogP contribution in [-0.2, 0) is 9.47 Å². The Bertz CT molecular complexity index is 946. The number of rotatable bonds is 3. The molecule has 0 saturated carbocycles. The first-order chi connectivity index (χ1) is 13.7. The summed E-state index contributed by atoms with van der Waals surface area (Å²) < 4.78 is 11.1. The molecule has 0 N–H and O–H groups in total. The molecule has 10 heteroatoms. The Morgan fingerprint density at radius 3 is 1.93 bits per heavy atom. The topological polar surface area (TPSA) is 99.0 Å². The highest BCUT2D eigenvalue weighted by Gasteiger charge is 2.36. The normalized spacial score (nSPS) is 11.7. The number of anilines is 1. The number of amides is 2. The minimum Gasteiger partial charge on any atom is -0.443 e. The fourth-order valence-electron chi connectivity index (χ4n) is 2.37. The summed E-state index contributed by atoms with van der Waals surface area (Å²) in [6.45, 7) is 9.73. The maximum Gasteiger partial charge on any atom is 0.424 e. The maximum absolute atomic E-state index is 12.8. The summed E-state index contributed by atoms with van der Waals surface area (Å²) in [5.74, 6) is 0. The van der Waals surface area contributed by atoms with Gasteiger partial charge < -0.3 is 9.47 Å². The molecule has 0 fully saturated rings. The van der Waals surface area contributed by atoms with Gasteiger partial charge in [-0.25, -0.2) is 9.59 Å². The standard InChI is InChI=1S/C20H23ClN2O6S/c1-19(2,3)28-17(24)22(18(25)29-20(4,5)6)13-8-7-12(11-14(13)23(26)27)15-9-10-16(21)30-15/h7-11H,1-6H3. The molecule has 0 unspecified atom stereocenters. The van der Waals surface area contributed by atoms with Crippen LogP contribution in [0.4, 0.5) is 21.0 Å². The van der Waals surface area contributed by atoms with E-state index in [1.807, 2.05) is 0 Å². The molecule has 1 aromatic carbocycles. The van der Waals surface area contributed by atoms with Gasteiger partial charge in [0.15, 0.2) is 0 Å². The van der Waals surface area contributed by atoms with Crippen molar-refractivity contribution < 1.29 is 24.0 Å². The number of ether oxygens (including phenoxy) is 2. The van der Waals surface area contributed by atoms with Gasteiger partial charge in [0.05, 0.1) is 9.26 Å². The predicted octanol–water partition coefficient (Wildman–Crippen LogP) is 6.65. The van der Waals surface area contributed by atoms with Crippen LogP contribution < -0.4 is 4.90 Å². The number of benzene rings is 1. The van der Waals surface area contributed by atoms with E-state index in [1.54, 1.807) is 59.7 Å². The molecule has 0 radical (unpaired) electrons. The smallest absolute Gasteiger partial charge is 0.424 e. The van der Waals surface area contributed by atoms with Crippen molar-refractivity contribution in [1.82, 2.24) is 0 Å². The summed E-state index contributed by atoms with van der Waals surface area (Å²) in [4.78, 5) is 37.9. The SMILES string of the molecule is CC(C)(C)OC(=O)N(C(=O)OC(C)(C)C)c1ccc(-c2ccc(Cl)s2)cc1[N+](=O)[O-]. The van der Waals surface area contributed by atoms with Crippen LogP contribution in [0, 0.1) is 10.1 Å². The lowest BCUT2D eigenvalue weighted by Gasteiger charge is -2.28. The van der Waals surface area contributed by atoms with Gasteiger partial charge in [0.2, 0.25) is 0 Å². The van der Waals surface area contributed by atoms with Gasteiger partial charge in [-0.05, 0) is 65.3 Å². The van der Waals surface area contributed by atoms with E-state index in [2.05, 4.69) is 0 Å². The molecule has 162 valence electrons. The second-order valence-electron chi connectivity index (χ2n) is 8.36. The van der Waals surface area contributed by atoms with Gasteiger partial charge in [0.1, 0.15) is 16.9 Å². The second-order valence-corrected chi connectivity index (χ2v) is 10.1. The summed E-state index contributed by atoms with van der Waals surface area (Å²) in [6, 6.07) is 7.56. The fourth-order valence-corrected chi connectivity index (χ4v) is 3.41. The van der Waals surface area contributed by atoms with Crippen molar-refractivity contribution in [1.29, 1.82) is 0 Å². The maximum atomic E-state index is 12.8. The van der Waals surface area contributed by atoms with Crippen molar-refractivity contribution in [3.8, 4) is 10.4 Å². The first-order valence-electron chi connectivity index (χ1n) is 8.98. The molecule has 0 aliphatic rings. The monoisotopic (exact) mass is 454 g/mol. The van der Waals surface area contributed by atoms with Gasteiger partial charge >= 0.3 is 12.2 Å². The average Bonchev–Trinajstić information content (AvgIpc) is 2.98. The molecular weight excluding hydrogens is 432 g/mol. The molecule has 1 heterocycles. The van der Waals surface area contributed by atoms with Crippen molar-refractivity contribution in [3.63, 3.8) is 0 Å². The van der Waals surface area contributed by atoms with Gasteiger partial charge in [-0.1, -0.05) is 17.7 Å². The van der Waals surface area contributed by atoms with E-state index in [0.29, 0.717) is 19.7 Å². The third-order valence-corrected chi connectivity index (χ3v) is 4.70. The van der Waals surface area contributed by atoms with Crippen LogP contribution in [0.15, 0.2) is 30.3 Å². The number of halogens is 1. The number of carbonyl (C=O) groups is 2. The Labute approximate surface area is 183 Å². The predicted molar refractivity (Wildman–Crippen MR) is 116 cm³/mol. The van der Waals surface area contributed by atoms with Gasteiger partial charge in [0, 0.05) is 10.9 Å². The van der Waals surface area contributed by atoms with E-state index < -0.39 is 34.0 Å². The van der Waals surface area contributed by atoms with Crippen LogP contribution in [0.5, 0.6) is 0 Å². The van der Waals surface area contributed by atoms with Crippen LogP contribution in [0.2, 0.25) is 4.34 Å². The molecule has 0 atom stereocenters. The Kier molecular flexibility index (Phi) is 6.78. The molecule has 0 bridgehead atoms. The Balaban J connectivity index is 2.59. The molecule has 0 aliphatic carbocycles. The van der Waals surface area contributed by atoms with Gasteiger partial charge in [-0.15, -0.1) is 11.3 Å². The molecule has 8 nitrogen and oxygen atoms in total. The number of hydrogen-bond acceptors (Lipinski definition) is 7. The highest BCUT2D eigenvalue weighted by atomic mass is 35.5. The zero-order chi connectivity index (χ0) is 22.9. The highest BCUT2D eigenvalue weighted by Crippen LogP contribution is 2.38. The number of nitro groups is 1. The van der Waals surface area contributed by atoms with Gasteiger partial charge in [0.25, 0.3) is 5.69 Å². The van der Waals surface area contributed by atoms with E-state index in [4.69, 9.17) is 21.1 Å². The number of hydrogen-bond donors (Lipinski definition) is 0. The van der Waals surface area contributed by atoms with Gasteiger partial charge in [-0.2, -0.15) is 4.90 Å². The zero-order valence-electron chi connectivity index (χ0n) is 17.5. The van der Waals surface area contributed by atoms with Crippen molar-refractivity contribution >= 4 is 46.5 Å². The first kappa shape index (κ1) is 23.6. The Hall–Kier alpha value is -2.65. The van der Waals surface area contributed by atoms with E-state index >= 15 is 0 Å². The largest absolute Gasteiger partial charge is 0.443 e. The summed E-state index contributed by atoms with van der Waals surface area (Å²) in [6.07, 6.45) is -2.15. The first-order valence-corrected chi connectivity index (χ1v) is 10.2. The Morgan fingerprint density at radius 2 is 1.53 bits per heavy atom. The zero-order valence-corrected chi connectivity index (χ0v) is 19.1. The molecule has 0 spiro atoms. The number of nitrogens with zero attached hydrogens (tertiary/aromatic N) is 2. The number of thiophene rings is 1. The van der Waals surface area contributed by atoms with E-state index in [9.17, 15) is 19.7 Å². The summed E-state index contributed by atoms with van der Waals surface area (Å²) in [7, 11) is 0.